The van der Waals surface area contributed by atoms with Crippen LogP contribution in [0.4, 0.5) is 0 Å². The molecule has 0 fully saturated rings. The largest absolute Gasteiger partial charge is 0.497 e. The molecule has 0 aromatic heterocycles. The Morgan fingerprint density at radius 3 is 2.69 bits per heavy atom. The van der Waals surface area contributed by atoms with Crippen LogP contribution in [0.2, 0.25) is 0 Å². The van der Waals surface area contributed by atoms with Crippen LogP contribution in [0.15, 0.2) is 24.3 Å². The summed E-state index contributed by atoms with van der Waals surface area (Å²) in [7, 11) is 1.71. The number of halogens is 1. The van der Waals surface area contributed by atoms with Crippen LogP contribution in [0.5, 0.6) is 5.75 Å². The van der Waals surface area contributed by atoms with Crippen LogP contribution >= 0.6 is 15.9 Å². The summed E-state index contributed by atoms with van der Waals surface area (Å²) in [6.45, 7) is 6.49. The van der Waals surface area contributed by atoms with Gasteiger partial charge >= 0.3 is 0 Å². The molecule has 0 N–H and O–H groups in total. The van der Waals surface area contributed by atoms with Crippen molar-refractivity contribution in [3.8, 4) is 5.75 Å². The second kappa shape index (κ2) is 6.92. The lowest BCUT2D eigenvalue weighted by Gasteiger charge is -2.25. The fourth-order valence-corrected chi connectivity index (χ4v) is 2.09. The Hall–Kier alpha value is -0.540. The molecule has 0 bridgehead atoms. The van der Waals surface area contributed by atoms with Crippen molar-refractivity contribution in [1.29, 1.82) is 0 Å². The van der Waals surface area contributed by atoms with Crippen LogP contribution in [0.3, 0.4) is 0 Å². The van der Waals surface area contributed by atoms with Crippen molar-refractivity contribution in [2.24, 2.45) is 0 Å². The van der Waals surface area contributed by atoms with Gasteiger partial charge in [-0.1, -0.05) is 28.1 Å². The number of rotatable bonds is 6. The first-order valence-corrected chi connectivity index (χ1v) is 6.72. The van der Waals surface area contributed by atoms with E-state index in [0.717, 1.165) is 24.2 Å². The molecule has 0 heterocycles. The van der Waals surface area contributed by atoms with E-state index in [0.29, 0.717) is 6.04 Å². The van der Waals surface area contributed by atoms with E-state index in [2.05, 4.69) is 46.8 Å². The number of nitrogens with zero attached hydrogens (tertiary/aromatic N) is 1. The van der Waals surface area contributed by atoms with Gasteiger partial charge in [0.25, 0.3) is 0 Å². The number of hydrogen-bond acceptors (Lipinski definition) is 2. The monoisotopic (exact) mass is 285 g/mol. The number of benzene rings is 1. The third kappa shape index (κ3) is 4.14. The van der Waals surface area contributed by atoms with Crippen molar-refractivity contribution in [3.63, 3.8) is 0 Å². The molecule has 0 aliphatic carbocycles. The summed E-state index contributed by atoms with van der Waals surface area (Å²) >= 11 is 3.49. The lowest BCUT2D eigenvalue weighted by atomic mass is 10.2. The van der Waals surface area contributed by atoms with Gasteiger partial charge in [0.05, 0.1) is 7.11 Å². The Labute approximate surface area is 107 Å². The van der Waals surface area contributed by atoms with Crippen molar-refractivity contribution in [3.05, 3.63) is 29.8 Å². The van der Waals surface area contributed by atoms with Crippen molar-refractivity contribution in [2.75, 3.05) is 19.0 Å². The van der Waals surface area contributed by atoms with E-state index < -0.39 is 0 Å². The quantitative estimate of drug-likeness (QED) is 0.744. The predicted octanol–water partition coefficient (Wildman–Crippen LogP) is 3.30. The minimum Gasteiger partial charge on any atom is -0.497 e. The second-order valence-electron chi connectivity index (χ2n) is 4.10. The van der Waals surface area contributed by atoms with Crippen LogP contribution in [-0.2, 0) is 6.54 Å². The molecule has 0 spiro atoms. The number of alkyl halides is 1. The molecule has 0 unspecified atom stereocenters. The zero-order chi connectivity index (χ0) is 12.0. The molecule has 0 saturated heterocycles. The van der Waals surface area contributed by atoms with E-state index in [1.165, 1.54) is 5.56 Å². The molecule has 16 heavy (non-hydrogen) atoms. The van der Waals surface area contributed by atoms with E-state index in [9.17, 15) is 0 Å². The summed E-state index contributed by atoms with van der Waals surface area (Å²) in [6.07, 6.45) is 0. The highest BCUT2D eigenvalue weighted by atomic mass is 79.9. The molecule has 0 amide bonds. The Morgan fingerprint density at radius 2 is 2.12 bits per heavy atom. The average molecular weight is 286 g/mol. The molecular formula is C13H20BrNO. The topological polar surface area (TPSA) is 12.5 Å². The Morgan fingerprint density at radius 1 is 1.38 bits per heavy atom. The summed E-state index contributed by atoms with van der Waals surface area (Å²) in [4.78, 5) is 2.43. The molecular weight excluding hydrogens is 266 g/mol. The molecule has 0 radical (unpaired) electrons. The maximum Gasteiger partial charge on any atom is 0.119 e. The van der Waals surface area contributed by atoms with Gasteiger partial charge in [0, 0.05) is 24.5 Å². The molecule has 0 atom stereocenters. The lowest BCUT2D eigenvalue weighted by molar-refractivity contribution is 0.227. The van der Waals surface area contributed by atoms with Crippen LogP contribution in [0.25, 0.3) is 0 Å². The van der Waals surface area contributed by atoms with Gasteiger partial charge in [-0.05, 0) is 31.5 Å². The molecule has 1 rings (SSSR count). The van der Waals surface area contributed by atoms with Crippen molar-refractivity contribution in [1.82, 2.24) is 4.90 Å². The molecule has 1 aromatic carbocycles. The maximum atomic E-state index is 5.23. The first kappa shape index (κ1) is 13.5. The highest BCUT2D eigenvalue weighted by Gasteiger charge is 2.09. The van der Waals surface area contributed by atoms with E-state index in [1.54, 1.807) is 7.11 Å². The standard InChI is InChI=1S/C13H20BrNO/c1-11(2)15(8-7-14)10-12-5-4-6-13(9-12)16-3/h4-6,9,11H,7-8,10H2,1-3H3. The molecule has 0 aliphatic rings. The smallest absolute Gasteiger partial charge is 0.119 e. The molecule has 90 valence electrons. The van der Waals surface area contributed by atoms with Crippen LogP contribution in [-0.4, -0.2) is 29.9 Å². The fourth-order valence-electron chi connectivity index (χ4n) is 1.63. The van der Waals surface area contributed by atoms with Gasteiger partial charge in [-0.25, -0.2) is 0 Å². The van der Waals surface area contributed by atoms with Gasteiger partial charge in [-0.3, -0.25) is 4.90 Å². The normalized spacial score (nSPS) is 11.1. The summed E-state index contributed by atoms with van der Waals surface area (Å²) in [5, 5.41) is 1.01. The van der Waals surface area contributed by atoms with Gasteiger partial charge in [-0.2, -0.15) is 0 Å². The van der Waals surface area contributed by atoms with Gasteiger partial charge in [0.1, 0.15) is 5.75 Å². The zero-order valence-electron chi connectivity index (χ0n) is 10.2. The van der Waals surface area contributed by atoms with Crippen molar-refractivity contribution >= 4 is 15.9 Å². The highest BCUT2D eigenvalue weighted by Crippen LogP contribution is 2.15. The highest BCUT2D eigenvalue weighted by molar-refractivity contribution is 9.09. The summed E-state index contributed by atoms with van der Waals surface area (Å²) in [6, 6.07) is 8.83. The predicted molar refractivity (Wildman–Crippen MR) is 72.3 cm³/mol. The Kier molecular flexibility index (Phi) is 5.85. The number of hydrogen-bond donors (Lipinski definition) is 0. The fraction of sp³-hybridized carbons (Fsp3) is 0.538. The summed E-state index contributed by atoms with van der Waals surface area (Å²) in [5.74, 6) is 0.931. The van der Waals surface area contributed by atoms with E-state index in [-0.39, 0.29) is 0 Å². The summed E-state index contributed by atoms with van der Waals surface area (Å²) in [5.41, 5.74) is 1.30. The zero-order valence-corrected chi connectivity index (χ0v) is 11.8. The first-order chi connectivity index (χ1) is 7.67. The third-order valence-electron chi connectivity index (χ3n) is 2.62. The van der Waals surface area contributed by atoms with Crippen molar-refractivity contribution in [2.45, 2.75) is 26.4 Å². The maximum absolute atomic E-state index is 5.23. The summed E-state index contributed by atoms with van der Waals surface area (Å²) < 4.78 is 5.23. The van der Waals surface area contributed by atoms with E-state index in [4.69, 9.17) is 4.74 Å². The minimum absolute atomic E-state index is 0.559. The van der Waals surface area contributed by atoms with Crippen LogP contribution in [0, 0.1) is 0 Å². The van der Waals surface area contributed by atoms with E-state index >= 15 is 0 Å². The second-order valence-corrected chi connectivity index (χ2v) is 4.90. The minimum atomic E-state index is 0.559. The van der Waals surface area contributed by atoms with Crippen LogP contribution in [0.1, 0.15) is 19.4 Å². The number of methoxy groups -OCH3 is 1. The third-order valence-corrected chi connectivity index (χ3v) is 2.98. The van der Waals surface area contributed by atoms with Gasteiger partial charge in [0.2, 0.25) is 0 Å². The first-order valence-electron chi connectivity index (χ1n) is 5.60. The number of ether oxygens (including phenoxy) is 1. The molecule has 1 aromatic rings. The SMILES string of the molecule is COc1cccc(CN(CCBr)C(C)C)c1. The van der Waals surface area contributed by atoms with Gasteiger partial charge in [-0.15, -0.1) is 0 Å². The lowest BCUT2D eigenvalue weighted by Crippen LogP contribution is -2.31. The van der Waals surface area contributed by atoms with E-state index in [1.807, 2.05) is 12.1 Å². The van der Waals surface area contributed by atoms with Crippen LogP contribution < -0.4 is 4.74 Å². The Balaban J connectivity index is 2.68. The van der Waals surface area contributed by atoms with Gasteiger partial charge < -0.3 is 4.74 Å². The molecule has 0 aliphatic heterocycles. The molecule has 3 heteroatoms. The molecule has 0 saturated carbocycles. The van der Waals surface area contributed by atoms with Crippen molar-refractivity contribution < 1.29 is 4.74 Å². The average Bonchev–Trinajstić information content (AvgIpc) is 2.28. The van der Waals surface area contributed by atoms with Gasteiger partial charge in [0.15, 0.2) is 0 Å². The molecule has 2 nitrogen and oxygen atoms in total. The Bertz CT molecular complexity index is 315.